The fraction of sp³-hybridized carbons (Fsp3) is 0.611. The van der Waals surface area contributed by atoms with Crippen molar-refractivity contribution in [2.45, 2.75) is 54.1 Å². The Balaban J connectivity index is 2.48. The van der Waals surface area contributed by atoms with E-state index in [9.17, 15) is 4.79 Å². The molecule has 0 fully saturated rings. The number of ether oxygens (including phenoxy) is 2. The van der Waals surface area contributed by atoms with Gasteiger partial charge in [-0.1, -0.05) is 39.3 Å². The maximum atomic E-state index is 12.0. The van der Waals surface area contributed by atoms with Crippen LogP contribution in [0.4, 0.5) is 0 Å². The highest BCUT2D eigenvalue weighted by Gasteiger charge is 2.20. The number of halogens is 1. The van der Waals surface area contributed by atoms with Crippen LogP contribution in [0.2, 0.25) is 5.02 Å². The molecule has 2 unspecified atom stereocenters. The lowest BCUT2D eigenvalue weighted by molar-refractivity contribution is -0.152. The predicted molar refractivity (Wildman–Crippen MR) is 90.5 cm³/mol. The molecule has 0 N–H and O–H groups in total. The summed E-state index contributed by atoms with van der Waals surface area (Å²) in [5, 5.41) is 0.649. The van der Waals surface area contributed by atoms with Crippen molar-refractivity contribution in [3.63, 3.8) is 0 Å². The third-order valence-electron chi connectivity index (χ3n) is 3.24. The average molecular weight is 327 g/mol. The van der Waals surface area contributed by atoms with Crippen LogP contribution in [-0.2, 0) is 9.53 Å². The molecule has 1 rings (SSSR count). The second kappa shape index (κ2) is 7.87. The van der Waals surface area contributed by atoms with Gasteiger partial charge in [0.1, 0.15) is 5.75 Å². The number of esters is 1. The van der Waals surface area contributed by atoms with Gasteiger partial charge in [0.15, 0.2) is 6.10 Å². The van der Waals surface area contributed by atoms with Gasteiger partial charge in [0, 0.05) is 5.02 Å². The molecule has 0 saturated heterocycles. The van der Waals surface area contributed by atoms with Crippen LogP contribution in [0.3, 0.4) is 0 Å². The molecule has 4 heteroatoms. The standard InChI is InChI=1S/C18H27ClO3/c1-12(10-18(4,5)6)11-21-17(20)14(3)22-16-8-7-15(19)9-13(16)2/h7-9,12,14H,10-11H2,1-6H3. The fourth-order valence-corrected chi connectivity index (χ4v) is 2.66. The van der Waals surface area contributed by atoms with Crippen molar-refractivity contribution in [3.8, 4) is 5.75 Å². The Kier molecular flexibility index (Phi) is 6.73. The predicted octanol–water partition coefficient (Wildman–Crippen LogP) is 5.03. The monoisotopic (exact) mass is 326 g/mol. The van der Waals surface area contributed by atoms with Crippen molar-refractivity contribution in [1.82, 2.24) is 0 Å². The summed E-state index contributed by atoms with van der Waals surface area (Å²) in [6, 6.07) is 5.32. The first-order valence-corrected chi connectivity index (χ1v) is 8.06. The van der Waals surface area contributed by atoms with E-state index < -0.39 is 6.10 Å². The highest BCUT2D eigenvalue weighted by atomic mass is 35.5. The summed E-state index contributed by atoms with van der Waals surface area (Å²) in [4.78, 5) is 12.0. The van der Waals surface area contributed by atoms with Crippen LogP contribution < -0.4 is 4.74 Å². The molecule has 0 bridgehead atoms. The molecule has 0 aliphatic heterocycles. The Morgan fingerprint density at radius 1 is 1.27 bits per heavy atom. The third-order valence-corrected chi connectivity index (χ3v) is 3.48. The van der Waals surface area contributed by atoms with Crippen LogP contribution in [0.25, 0.3) is 0 Å². The van der Waals surface area contributed by atoms with Crippen molar-refractivity contribution in [3.05, 3.63) is 28.8 Å². The number of hydrogen-bond donors (Lipinski definition) is 0. The third kappa shape index (κ3) is 6.69. The van der Waals surface area contributed by atoms with Crippen molar-refractivity contribution < 1.29 is 14.3 Å². The van der Waals surface area contributed by atoms with Crippen LogP contribution in [0.1, 0.15) is 46.6 Å². The fourth-order valence-electron chi connectivity index (χ4n) is 2.43. The number of rotatable bonds is 6. The Bertz CT molecular complexity index is 506. The first kappa shape index (κ1) is 18.8. The van der Waals surface area contributed by atoms with E-state index in [0.717, 1.165) is 12.0 Å². The number of carbonyl (C=O) groups excluding carboxylic acids is 1. The van der Waals surface area contributed by atoms with Crippen LogP contribution in [0, 0.1) is 18.3 Å². The Labute approximate surface area is 139 Å². The lowest BCUT2D eigenvalue weighted by Crippen LogP contribution is -2.28. The molecule has 0 amide bonds. The summed E-state index contributed by atoms with van der Waals surface area (Å²) >= 11 is 5.91. The van der Waals surface area contributed by atoms with Gasteiger partial charge in [-0.15, -0.1) is 0 Å². The summed E-state index contributed by atoms with van der Waals surface area (Å²) < 4.78 is 11.0. The Morgan fingerprint density at radius 3 is 2.45 bits per heavy atom. The Morgan fingerprint density at radius 2 is 1.91 bits per heavy atom. The Hall–Kier alpha value is -1.22. The second-order valence-electron chi connectivity index (χ2n) is 7.17. The number of benzene rings is 1. The normalized spacial score (nSPS) is 14.3. The van der Waals surface area contributed by atoms with E-state index in [0.29, 0.717) is 23.3 Å². The maximum absolute atomic E-state index is 12.0. The minimum Gasteiger partial charge on any atom is -0.479 e. The molecule has 22 heavy (non-hydrogen) atoms. The molecule has 0 spiro atoms. The van der Waals surface area contributed by atoms with E-state index in [4.69, 9.17) is 21.1 Å². The second-order valence-corrected chi connectivity index (χ2v) is 7.61. The molecule has 0 aliphatic rings. The minimum atomic E-state index is -0.637. The molecule has 1 aromatic rings. The highest BCUT2D eigenvalue weighted by molar-refractivity contribution is 6.30. The number of carbonyl (C=O) groups is 1. The van der Waals surface area contributed by atoms with Crippen molar-refractivity contribution in [1.29, 1.82) is 0 Å². The lowest BCUT2D eigenvalue weighted by atomic mass is 9.86. The van der Waals surface area contributed by atoms with E-state index in [1.807, 2.05) is 6.92 Å². The molecule has 0 aromatic heterocycles. The van der Waals surface area contributed by atoms with Crippen LogP contribution in [-0.4, -0.2) is 18.7 Å². The highest BCUT2D eigenvalue weighted by Crippen LogP contribution is 2.25. The SMILES string of the molecule is Cc1cc(Cl)ccc1OC(C)C(=O)OCC(C)CC(C)(C)C. The first-order chi connectivity index (χ1) is 10.1. The molecule has 0 aliphatic carbocycles. The summed E-state index contributed by atoms with van der Waals surface area (Å²) in [7, 11) is 0. The molecular weight excluding hydrogens is 300 g/mol. The number of hydrogen-bond acceptors (Lipinski definition) is 3. The summed E-state index contributed by atoms with van der Waals surface area (Å²) in [6.07, 6.45) is 0.368. The van der Waals surface area contributed by atoms with Gasteiger partial charge in [-0.05, 0) is 55.4 Å². The molecule has 1 aromatic carbocycles. The largest absolute Gasteiger partial charge is 0.479 e. The van der Waals surface area contributed by atoms with Gasteiger partial charge in [-0.3, -0.25) is 0 Å². The molecule has 3 nitrogen and oxygen atoms in total. The van der Waals surface area contributed by atoms with E-state index in [1.165, 1.54) is 0 Å². The van der Waals surface area contributed by atoms with Gasteiger partial charge < -0.3 is 9.47 Å². The molecular formula is C18H27ClO3. The van der Waals surface area contributed by atoms with Crippen molar-refractivity contribution in [2.75, 3.05) is 6.61 Å². The summed E-state index contributed by atoms with van der Waals surface area (Å²) in [5.41, 5.74) is 1.13. The van der Waals surface area contributed by atoms with Crippen molar-refractivity contribution >= 4 is 17.6 Å². The molecule has 2 atom stereocenters. The zero-order valence-electron chi connectivity index (χ0n) is 14.4. The van der Waals surface area contributed by atoms with Crippen LogP contribution in [0.15, 0.2) is 18.2 Å². The smallest absolute Gasteiger partial charge is 0.347 e. The van der Waals surface area contributed by atoms with Gasteiger partial charge in [-0.2, -0.15) is 0 Å². The van der Waals surface area contributed by atoms with E-state index >= 15 is 0 Å². The van der Waals surface area contributed by atoms with Crippen LogP contribution in [0.5, 0.6) is 5.75 Å². The van der Waals surface area contributed by atoms with Crippen LogP contribution >= 0.6 is 11.6 Å². The van der Waals surface area contributed by atoms with Gasteiger partial charge in [0.2, 0.25) is 0 Å². The zero-order chi connectivity index (χ0) is 16.9. The van der Waals surface area contributed by atoms with Gasteiger partial charge in [0.05, 0.1) is 6.61 Å². The zero-order valence-corrected chi connectivity index (χ0v) is 15.2. The molecule has 0 heterocycles. The minimum absolute atomic E-state index is 0.231. The van der Waals surface area contributed by atoms with Gasteiger partial charge in [0.25, 0.3) is 0 Å². The first-order valence-electron chi connectivity index (χ1n) is 7.68. The molecule has 0 saturated carbocycles. The summed E-state index contributed by atoms with van der Waals surface area (Å²) in [6.45, 7) is 12.6. The summed E-state index contributed by atoms with van der Waals surface area (Å²) in [5.74, 6) is 0.639. The van der Waals surface area contributed by atoms with E-state index in [1.54, 1.807) is 25.1 Å². The van der Waals surface area contributed by atoms with E-state index in [2.05, 4.69) is 27.7 Å². The lowest BCUT2D eigenvalue weighted by Gasteiger charge is -2.23. The van der Waals surface area contributed by atoms with Crippen molar-refractivity contribution in [2.24, 2.45) is 11.3 Å². The maximum Gasteiger partial charge on any atom is 0.347 e. The van der Waals surface area contributed by atoms with Gasteiger partial charge in [-0.25, -0.2) is 4.79 Å². The molecule has 124 valence electrons. The van der Waals surface area contributed by atoms with Gasteiger partial charge >= 0.3 is 5.97 Å². The quantitative estimate of drug-likeness (QED) is 0.688. The average Bonchev–Trinajstić information content (AvgIpc) is 2.37. The number of aryl methyl sites for hydroxylation is 1. The van der Waals surface area contributed by atoms with E-state index in [-0.39, 0.29) is 11.4 Å². The topological polar surface area (TPSA) is 35.5 Å². The molecule has 0 radical (unpaired) electrons.